The van der Waals surface area contributed by atoms with Crippen LogP contribution in [0.1, 0.15) is 35.2 Å². The summed E-state index contributed by atoms with van der Waals surface area (Å²) in [6.45, 7) is 6.96. The largest absolute Gasteiger partial charge is 0.494 e. The van der Waals surface area contributed by atoms with Gasteiger partial charge in [0.15, 0.2) is 0 Å². The van der Waals surface area contributed by atoms with Crippen molar-refractivity contribution in [2.75, 3.05) is 13.7 Å². The van der Waals surface area contributed by atoms with Crippen LogP contribution in [-0.4, -0.2) is 13.7 Å². The highest BCUT2D eigenvalue weighted by Gasteiger charge is 2.16. The lowest BCUT2D eigenvalue weighted by Crippen LogP contribution is -2.18. The fraction of sp³-hybridized carbons (Fsp3) is 0.333. The molecule has 2 aromatic rings. The van der Waals surface area contributed by atoms with Gasteiger partial charge in [-0.25, -0.2) is 0 Å². The minimum absolute atomic E-state index is 0.161. The Morgan fingerprint density at radius 1 is 1.10 bits per heavy atom. The van der Waals surface area contributed by atoms with Crippen molar-refractivity contribution in [1.29, 1.82) is 0 Å². The second kappa shape index (κ2) is 7.10. The van der Waals surface area contributed by atoms with Gasteiger partial charge in [0.1, 0.15) is 5.75 Å². The van der Waals surface area contributed by atoms with Crippen LogP contribution >= 0.6 is 15.9 Å². The van der Waals surface area contributed by atoms with E-state index in [1.165, 1.54) is 22.3 Å². The van der Waals surface area contributed by atoms with Crippen molar-refractivity contribution in [3.8, 4) is 5.75 Å². The Labute approximate surface area is 135 Å². The minimum atomic E-state index is 0.161. The van der Waals surface area contributed by atoms with Gasteiger partial charge in [0.25, 0.3) is 0 Å². The molecule has 0 radical (unpaired) electrons. The summed E-state index contributed by atoms with van der Waals surface area (Å²) in [4.78, 5) is 0. The van der Waals surface area contributed by atoms with Crippen molar-refractivity contribution in [2.24, 2.45) is 0 Å². The summed E-state index contributed by atoms with van der Waals surface area (Å²) >= 11 is 3.67. The van der Waals surface area contributed by atoms with Gasteiger partial charge in [0.05, 0.1) is 12.6 Å². The van der Waals surface area contributed by atoms with Crippen LogP contribution in [0, 0.1) is 13.8 Å². The van der Waals surface area contributed by atoms with Gasteiger partial charge in [-0.1, -0.05) is 40.2 Å². The van der Waals surface area contributed by atoms with Gasteiger partial charge in [-0.3, -0.25) is 0 Å². The third-order valence-corrected chi connectivity index (χ3v) is 4.43. The van der Waals surface area contributed by atoms with E-state index in [2.05, 4.69) is 59.4 Å². The molecule has 0 aliphatic carbocycles. The molecule has 0 aliphatic rings. The van der Waals surface area contributed by atoms with E-state index < -0.39 is 0 Å². The molecule has 0 fully saturated rings. The Balaban J connectivity index is 2.38. The van der Waals surface area contributed by atoms with Crippen molar-refractivity contribution >= 4 is 15.9 Å². The molecule has 3 heteroatoms. The predicted octanol–water partition coefficient (Wildman–Crippen LogP) is 4.77. The van der Waals surface area contributed by atoms with Crippen LogP contribution in [0.3, 0.4) is 0 Å². The van der Waals surface area contributed by atoms with E-state index in [-0.39, 0.29) is 6.04 Å². The zero-order valence-corrected chi connectivity index (χ0v) is 14.6. The Morgan fingerprint density at radius 3 is 2.43 bits per heavy atom. The number of benzene rings is 2. The van der Waals surface area contributed by atoms with Crippen LogP contribution in [0.4, 0.5) is 0 Å². The predicted molar refractivity (Wildman–Crippen MR) is 92.1 cm³/mol. The van der Waals surface area contributed by atoms with Gasteiger partial charge in [-0.05, 0) is 62.2 Å². The molecule has 0 saturated carbocycles. The molecule has 0 spiro atoms. The van der Waals surface area contributed by atoms with Crippen LogP contribution in [-0.2, 0) is 0 Å². The van der Waals surface area contributed by atoms with Gasteiger partial charge < -0.3 is 10.1 Å². The van der Waals surface area contributed by atoms with Gasteiger partial charge in [0.2, 0.25) is 0 Å². The maximum absolute atomic E-state index is 5.55. The van der Waals surface area contributed by atoms with E-state index in [1.807, 2.05) is 26.1 Å². The number of nitrogens with one attached hydrogen (secondary N) is 1. The zero-order chi connectivity index (χ0) is 15.4. The third-order valence-electron chi connectivity index (χ3n) is 3.75. The number of ether oxygens (including phenoxy) is 1. The SMILES string of the molecule is CCOc1ccc(C(NC)c2ccc(C)c(C)c2)c(Br)c1. The fourth-order valence-electron chi connectivity index (χ4n) is 2.44. The molecule has 0 saturated heterocycles. The Hall–Kier alpha value is -1.32. The molecule has 1 unspecified atom stereocenters. The second-order valence-electron chi connectivity index (χ2n) is 5.18. The molecule has 1 N–H and O–H groups in total. The standard InChI is InChI=1S/C18H22BrNO/c1-5-21-15-8-9-16(17(19)11-15)18(20-4)14-7-6-12(2)13(3)10-14/h6-11,18,20H,5H2,1-4H3. The average Bonchev–Trinajstić information content (AvgIpc) is 2.46. The number of aryl methyl sites for hydroxylation is 2. The van der Waals surface area contributed by atoms with Crippen molar-refractivity contribution in [2.45, 2.75) is 26.8 Å². The molecule has 2 aromatic carbocycles. The summed E-state index contributed by atoms with van der Waals surface area (Å²) < 4.78 is 6.61. The number of hydrogen-bond acceptors (Lipinski definition) is 2. The summed E-state index contributed by atoms with van der Waals surface area (Å²) in [6, 6.07) is 12.9. The lowest BCUT2D eigenvalue weighted by molar-refractivity contribution is 0.340. The maximum Gasteiger partial charge on any atom is 0.120 e. The first kappa shape index (κ1) is 16.1. The molecule has 2 nitrogen and oxygen atoms in total. The first-order chi connectivity index (χ1) is 10.1. The highest BCUT2D eigenvalue weighted by molar-refractivity contribution is 9.10. The molecule has 21 heavy (non-hydrogen) atoms. The van der Waals surface area contributed by atoms with Crippen LogP contribution in [0.25, 0.3) is 0 Å². The number of halogens is 1. The van der Waals surface area contributed by atoms with Crippen LogP contribution in [0.5, 0.6) is 5.75 Å². The Morgan fingerprint density at radius 2 is 1.86 bits per heavy atom. The molecule has 112 valence electrons. The Bertz CT molecular complexity index is 625. The quantitative estimate of drug-likeness (QED) is 0.840. The van der Waals surface area contributed by atoms with Crippen LogP contribution in [0.2, 0.25) is 0 Å². The first-order valence-corrected chi connectivity index (χ1v) is 8.02. The van der Waals surface area contributed by atoms with E-state index in [0.29, 0.717) is 6.61 Å². The maximum atomic E-state index is 5.55. The first-order valence-electron chi connectivity index (χ1n) is 7.23. The summed E-state index contributed by atoms with van der Waals surface area (Å²) in [5.74, 6) is 0.892. The summed E-state index contributed by atoms with van der Waals surface area (Å²) in [5, 5.41) is 3.40. The van der Waals surface area contributed by atoms with Gasteiger partial charge in [0, 0.05) is 4.47 Å². The van der Waals surface area contributed by atoms with Crippen molar-refractivity contribution in [3.05, 3.63) is 63.1 Å². The molecule has 0 heterocycles. The summed E-state index contributed by atoms with van der Waals surface area (Å²) in [7, 11) is 1.99. The van der Waals surface area contributed by atoms with Gasteiger partial charge in [-0.15, -0.1) is 0 Å². The normalized spacial score (nSPS) is 12.2. The lowest BCUT2D eigenvalue weighted by Gasteiger charge is -2.20. The van der Waals surface area contributed by atoms with E-state index in [4.69, 9.17) is 4.74 Å². The molecule has 1 atom stereocenters. The third kappa shape index (κ3) is 3.66. The van der Waals surface area contributed by atoms with E-state index in [1.54, 1.807) is 0 Å². The highest BCUT2D eigenvalue weighted by Crippen LogP contribution is 2.32. The molecular weight excluding hydrogens is 326 g/mol. The average molecular weight is 348 g/mol. The van der Waals surface area contributed by atoms with E-state index >= 15 is 0 Å². The van der Waals surface area contributed by atoms with Crippen molar-refractivity contribution in [1.82, 2.24) is 5.32 Å². The molecule has 0 amide bonds. The van der Waals surface area contributed by atoms with Gasteiger partial charge >= 0.3 is 0 Å². The molecule has 2 rings (SSSR count). The molecule has 0 aliphatic heterocycles. The van der Waals surface area contributed by atoms with E-state index in [9.17, 15) is 0 Å². The lowest BCUT2D eigenvalue weighted by atomic mass is 9.96. The smallest absolute Gasteiger partial charge is 0.120 e. The topological polar surface area (TPSA) is 21.3 Å². The van der Waals surface area contributed by atoms with Crippen LogP contribution in [0.15, 0.2) is 40.9 Å². The van der Waals surface area contributed by atoms with Crippen molar-refractivity contribution in [3.63, 3.8) is 0 Å². The second-order valence-corrected chi connectivity index (χ2v) is 6.04. The summed E-state index contributed by atoms with van der Waals surface area (Å²) in [6.07, 6.45) is 0. The Kier molecular flexibility index (Phi) is 5.43. The number of rotatable bonds is 5. The van der Waals surface area contributed by atoms with Gasteiger partial charge in [-0.2, -0.15) is 0 Å². The van der Waals surface area contributed by atoms with E-state index in [0.717, 1.165) is 10.2 Å². The molecular formula is C18H22BrNO. The fourth-order valence-corrected chi connectivity index (χ4v) is 3.03. The summed E-state index contributed by atoms with van der Waals surface area (Å²) in [5.41, 5.74) is 5.11. The van der Waals surface area contributed by atoms with Crippen molar-refractivity contribution < 1.29 is 4.74 Å². The molecule has 0 aromatic heterocycles. The number of hydrogen-bond donors (Lipinski definition) is 1. The minimum Gasteiger partial charge on any atom is -0.494 e. The highest BCUT2D eigenvalue weighted by atomic mass is 79.9. The molecule has 0 bridgehead atoms. The van der Waals surface area contributed by atoms with Crippen LogP contribution < -0.4 is 10.1 Å². The monoisotopic (exact) mass is 347 g/mol. The zero-order valence-electron chi connectivity index (χ0n) is 13.0.